The van der Waals surface area contributed by atoms with E-state index in [1.807, 2.05) is 68.4 Å². The summed E-state index contributed by atoms with van der Waals surface area (Å²) in [4.78, 5) is 10.5. The molecular weight excluding hydrogens is 779 g/mol. The van der Waals surface area contributed by atoms with Crippen LogP contribution in [-0.4, -0.2) is 19.6 Å². The first kappa shape index (κ1) is 37.5. The molecule has 2 heterocycles. The summed E-state index contributed by atoms with van der Waals surface area (Å²) in [5, 5.41) is 12.5. The monoisotopic (exact) mass is 839 g/mol. The van der Waals surface area contributed by atoms with Gasteiger partial charge in [-0.15, -0.1) is 0 Å². The highest BCUT2D eigenvalue weighted by Crippen LogP contribution is 2.45. The van der Waals surface area contributed by atoms with E-state index < -0.39 is 12.7 Å². The number of hydrogen-bond donors (Lipinski definition) is 1. The van der Waals surface area contributed by atoms with E-state index in [9.17, 15) is 6.48 Å². The Bertz CT molecular complexity index is 3310. The summed E-state index contributed by atoms with van der Waals surface area (Å²) in [6.45, 7) is 14.6. The minimum atomic E-state index is -2.18. The van der Waals surface area contributed by atoms with Gasteiger partial charge in [0, 0.05) is 34.1 Å². The molecule has 0 saturated heterocycles. The van der Waals surface area contributed by atoms with Crippen LogP contribution in [0.2, 0.25) is 0 Å². The molecule has 0 fully saturated rings. The molecule has 0 bridgehead atoms. The van der Waals surface area contributed by atoms with Gasteiger partial charge in [0.25, 0.3) is 0 Å². The third-order valence-electron chi connectivity index (χ3n) is 12.2. The van der Waals surface area contributed by atoms with Gasteiger partial charge in [0.05, 0.1) is 22.3 Å². The van der Waals surface area contributed by atoms with E-state index in [-0.39, 0.29) is 16.6 Å². The molecule has 1 N–H and O–H groups in total. The lowest BCUT2D eigenvalue weighted by molar-refractivity contribution is 0.446. The SMILES string of the molecule is [2H]C([2H])([2H])c1ccc(-c2ccnc(-c3cc(-c4ccccc4)cc(-c4cccc5c4nc(-c4cc(C(C)(C)C)cc(C(C)(C)C)c4O)n5-c4cc(-c5ccccc5)cc(C([2H])(C)C)c4)c3)c2)cc1. The minimum absolute atomic E-state index is 0.191. The van der Waals surface area contributed by atoms with Gasteiger partial charge in [-0.2, -0.15) is 0 Å². The van der Waals surface area contributed by atoms with Crippen molar-refractivity contribution in [3.8, 4) is 78.6 Å². The van der Waals surface area contributed by atoms with Crippen LogP contribution in [0.5, 0.6) is 5.75 Å². The number of pyridine rings is 1. The number of rotatable bonds is 8. The summed E-state index contributed by atoms with van der Waals surface area (Å²) in [7, 11) is 0. The molecule has 9 rings (SSSR count). The third kappa shape index (κ3) is 8.29. The zero-order valence-electron chi connectivity index (χ0n) is 42.0. The summed E-state index contributed by atoms with van der Waals surface area (Å²) >= 11 is 0. The van der Waals surface area contributed by atoms with Crippen molar-refractivity contribution in [2.45, 2.75) is 79.0 Å². The molecule has 64 heavy (non-hydrogen) atoms. The lowest BCUT2D eigenvalue weighted by Gasteiger charge is -2.27. The molecule has 0 spiro atoms. The molecule has 0 amide bonds. The minimum Gasteiger partial charge on any atom is -0.507 e. The molecule has 0 aliphatic carbocycles. The lowest BCUT2D eigenvalue weighted by atomic mass is 9.79. The van der Waals surface area contributed by atoms with E-state index in [0.29, 0.717) is 17.0 Å². The Morgan fingerprint density at radius 1 is 0.562 bits per heavy atom. The number of imidazole rings is 1. The molecule has 0 atom stereocenters. The molecule has 0 aliphatic heterocycles. The van der Waals surface area contributed by atoms with Crippen molar-refractivity contribution in [1.82, 2.24) is 14.5 Å². The fourth-order valence-corrected chi connectivity index (χ4v) is 8.57. The number of aromatic hydroxyl groups is 1. The average Bonchev–Trinajstić information content (AvgIpc) is 3.70. The predicted octanol–water partition coefficient (Wildman–Crippen LogP) is 16.2. The van der Waals surface area contributed by atoms with Crippen molar-refractivity contribution in [3.05, 3.63) is 192 Å². The molecule has 9 aromatic rings. The maximum atomic E-state index is 12.5. The fraction of sp³-hybridized carbons (Fsp3) is 0.200. The Morgan fingerprint density at radius 3 is 1.84 bits per heavy atom. The normalized spacial score (nSPS) is 13.3. The smallest absolute Gasteiger partial charge is 0.149 e. The number of aromatic nitrogens is 3. The van der Waals surface area contributed by atoms with Crippen LogP contribution < -0.4 is 0 Å². The Morgan fingerprint density at radius 2 is 1.20 bits per heavy atom. The maximum absolute atomic E-state index is 12.5. The van der Waals surface area contributed by atoms with Gasteiger partial charge in [-0.05, 0) is 128 Å². The molecule has 0 aliphatic rings. The first-order valence-corrected chi connectivity index (χ1v) is 22.0. The second-order valence-corrected chi connectivity index (χ2v) is 19.2. The highest BCUT2D eigenvalue weighted by Gasteiger charge is 2.29. The van der Waals surface area contributed by atoms with Crippen LogP contribution in [0.1, 0.15) is 89.0 Å². The molecule has 7 aromatic carbocycles. The number of nitrogens with zero attached hydrogens (tertiary/aromatic N) is 3. The maximum Gasteiger partial charge on any atom is 0.149 e. The Kier molecular flexibility index (Phi) is 9.72. The second kappa shape index (κ2) is 16.6. The first-order chi connectivity index (χ1) is 32.1. The van der Waals surface area contributed by atoms with E-state index in [1.165, 1.54) is 0 Å². The Labute approximate surface area is 384 Å². The number of benzene rings is 7. The quantitative estimate of drug-likeness (QED) is 0.166. The predicted molar refractivity (Wildman–Crippen MR) is 269 cm³/mol. The topological polar surface area (TPSA) is 50.9 Å². The summed E-state index contributed by atoms with van der Waals surface area (Å²) < 4.78 is 35.1. The lowest BCUT2D eigenvalue weighted by Crippen LogP contribution is -2.17. The molecule has 4 nitrogen and oxygen atoms in total. The summed E-state index contributed by atoms with van der Waals surface area (Å²) in [5.74, 6) is -0.134. The van der Waals surface area contributed by atoms with E-state index in [2.05, 4.69) is 143 Å². The van der Waals surface area contributed by atoms with Crippen LogP contribution in [-0.2, 0) is 10.8 Å². The zero-order valence-corrected chi connectivity index (χ0v) is 38.0. The molecule has 0 saturated carbocycles. The van der Waals surface area contributed by atoms with Crippen LogP contribution in [0.15, 0.2) is 170 Å². The molecule has 0 radical (unpaired) electrons. The number of phenols is 1. The Hall–Kier alpha value is -7.04. The third-order valence-corrected chi connectivity index (χ3v) is 12.2. The van der Waals surface area contributed by atoms with Gasteiger partial charge in [0.1, 0.15) is 11.6 Å². The highest BCUT2D eigenvalue weighted by atomic mass is 16.3. The van der Waals surface area contributed by atoms with Crippen molar-refractivity contribution in [3.63, 3.8) is 0 Å². The van der Waals surface area contributed by atoms with Gasteiger partial charge in [-0.3, -0.25) is 9.55 Å². The average molecular weight is 840 g/mol. The van der Waals surface area contributed by atoms with Crippen molar-refractivity contribution in [1.29, 1.82) is 0 Å². The number of phenolic OH excluding ortho intramolecular Hbond substituents is 1. The van der Waals surface area contributed by atoms with Gasteiger partial charge in [0.15, 0.2) is 0 Å². The Balaban J connectivity index is 1.33. The molecule has 0 unspecified atom stereocenters. The summed E-state index contributed by atoms with van der Waals surface area (Å²) in [6.07, 6.45) is 1.80. The molecule has 318 valence electrons. The van der Waals surface area contributed by atoms with Gasteiger partial charge < -0.3 is 5.11 Å². The van der Waals surface area contributed by atoms with Gasteiger partial charge in [-0.25, -0.2) is 4.98 Å². The van der Waals surface area contributed by atoms with E-state index in [1.54, 1.807) is 18.3 Å². The summed E-state index contributed by atoms with van der Waals surface area (Å²) in [6, 6.07) is 55.0. The molecule has 4 heteroatoms. The van der Waals surface area contributed by atoms with Crippen LogP contribution in [0.25, 0.3) is 83.9 Å². The van der Waals surface area contributed by atoms with Gasteiger partial charge in [-0.1, -0.05) is 170 Å². The van der Waals surface area contributed by atoms with E-state index >= 15 is 0 Å². The summed E-state index contributed by atoms with van der Waals surface area (Å²) in [5.41, 5.74) is 14.9. The van der Waals surface area contributed by atoms with Gasteiger partial charge in [0.2, 0.25) is 0 Å². The zero-order chi connectivity index (χ0) is 48.3. The number of fused-ring (bicyclic) bond motifs is 1. The van der Waals surface area contributed by atoms with Crippen molar-refractivity contribution in [2.24, 2.45) is 0 Å². The van der Waals surface area contributed by atoms with Crippen LogP contribution in [0.4, 0.5) is 0 Å². The number of hydrogen-bond acceptors (Lipinski definition) is 3. The number of para-hydroxylation sites is 1. The van der Waals surface area contributed by atoms with Crippen LogP contribution in [0.3, 0.4) is 0 Å². The highest BCUT2D eigenvalue weighted by molar-refractivity contribution is 5.98. The molecule has 2 aromatic heterocycles. The first-order valence-electron chi connectivity index (χ1n) is 24.0. The standard InChI is InChI=1S/C60H57N3O/c1-38(2)44-29-46(41-19-14-11-15-20-41)34-50(33-44)63-55-22-16-21-51(56(55)62-58(63)52-36-49(59(4,5)6)37-53(57(52)64)60(7,8)9)47-30-45(40-17-12-10-13-18-40)31-48(32-47)54-35-43(27-28-61-54)42-25-23-39(3)24-26-42/h10-38,64H,1-9H3/i3D3,38D. The van der Waals surface area contributed by atoms with E-state index in [4.69, 9.17) is 14.1 Å². The van der Waals surface area contributed by atoms with Gasteiger partial charge >= 0.3 is 0 Å². The van der Waals surface area contributed by atoms with Crippen molar-refractivity contribution < 1.29 is 10.6 Å². The molecular formula is C60H57N3O. The van der Waals surface area contributed by atoms with Crippen LogP contribution in [0, 0.1) is 6.85 Å². The van der Waals surface area contributed by atoms with Crippen molar-refractivity contribution >= 4 is 11.0 Å². The largest absolute Gasteiger partial charge is 0.507 e. The van der Waals surface area contributed by atoms with E-state index in [0.717, 1.165) is 89.2 Å². The van der Waals surface area contributed by atoms with Crippen molar-refractivity contribution in [2.75, 3.05) is 0 Å². The second-order valence-electron chi connectivity index (χ2n) is 19.2. The fourth-order valence-electron chi connectivity index (χ4n) is 8.57. The van der Waals surface area contributed by atoms with Crippen LogP contribution >= 0.6 is 0 Å². The number of aryl methyl sites for hydroxylation is 1.